The summed E-state index contributed by atoms with van der Waals surface area (Å²) in [7, 11) is -3.78. The van der Waals surface area contributed by atoms with Crippen molar-refractivity contribution < 1.29 is 27.2 Å². The first kappa shape index (κ1) is 20.1. The lowest BCUT2D eigenvalue weighted by atomic mass is 9.86. The second-order valence-electron chi connectivity index (χ2n) is 7.58. The van der Waals surface area contributed by atoms with Crippen LogP contribution >= 0.6 is 0 Å². The van der Waals surface area contributed by atoms with Crippen molar-refractivity contribution in [3.63, 3.8) is 0 Å². The Hall–Kier alpha value is -1.67. The highest BCUT2D eigenvalue weighted by Crippen LogP contribution is 2.30. The van der Waals surface area contributed by atoms with Gasteiger partial charge in [0, 0.05) is 0 Å². The Morgan fingerprint density at radius 1 is 1.30 bits per heavy atom. The van der Waals surface area contributed by atoms with Crippen molar-refractivity contribution in [1.82, 2.24) is 5.32 Å². The molecule has 0 spiro atoms. The van der Waals surface area contributed by atoms with Gasteiger partial charge in [0.05, 0.1) is 12.4 Å². The number of carbonyl (C=O) groups is 2. The van der Waals surface area contributed by atoms with Gasteiger partial charge >= 0.3 is 0 Å². The van der Waals surface area contributed by atoms with Crippen LogP contribution in [0.1, 0.15) is 51.2 Å². The van der Waals surface area contributed by atoms with E-state index in [0.29, 0.717) is 5.76 Å². The molecule has 1 aliphatic heterocycles. The van der Waals surface area contributed by atoms with Crippen LogP contribution in [0.15, 0.2) is 22.8 Å². The molecule has 27 heavy (non-hydrogen) atoms. The fourth-order valence-electron chi connectivity index (χ4n) is 3.94. The standard InChI is InChI=1S/C19H27NO6S/c1-13-18(16(21)11-26-13)20-19(22)17(10-14-6-3-2-4-7-14)27(23,24)12-15-8-5-9-25-15/h5,8-9,13-14,17-18H,2-4,6-7,10-12H2,1H3,(H,20,22)/t13-,17+,18+/m0/s1. The SMILES string of the molecule is C[C@@H]1OCC(=O)[C@@H]1NC(=O)[C@@H](CC1CCCCC1)S(=O)(=O)Cc1ccco1. The van der Waals surface area contributed by atoms with Crippen LogP contribution in [-0.4, -0.2) is 44.1 Å². The van der Waals surface area contributed by atoms with E-state index in [9.17, 15) is 18.0 Å². The van der Waals surface area contributed by atoms with Crippen molar-refractivity contribution in [2.24, 2.45) is 5.92 Å². The molecule has 2 aliphatic rings. The molecule has 1 saturated heterocycles. The number of hydrogen-bond acceptors (Lipinski definition) is 6. The minimum absolute atomic E-state index is 0.0570. The predicted octanol–water partition coefficient (Wildman–Crippen LogP) is 2.01. The van der Waals surface area contributed by atoms with Crippen LogP contribution < -0.4 is 5.32 Å². The number of ether oxygens (including phenoxy) is 1. The van der Waals surface area contributed by atoms with Crippen LogP contribution in [0.25, 0.3) is 0 Å². The Morgan fingerprint density at radius 3 is 2.63 bits per heavy atom. The molecule has 8 heteroatoms. The van der Waals surface area contributed by atoms with Crippen molar-refractivity contribution >= 4 is 21.5 Å². The zero-order valence-corrected chi connectivity index (χ0v) is 16.4. The summed E-state index contributed by atoms with van der Waals surface area (Å²) in [6.07, 6.45) is 6.38. The van der Waals surface area contributed by atoms with Gasteiger partial charge in [0.25, 0.3) is 0 Å². The molecule has 0 unspecified atom stereocenters. The van der Waals surface area contributed by atoms with E-state index >= 15 is 0 Å². The molecule has 7 nitrogen and oxygen atoms in total. The zero-order chi connectivity index (χ0) is 19.4. The average Bonchev–Trinajstić information content (AvgIpc) is 3.25. The first-order chi connectivity index (χ1) is 12.9. The maximum absolute atomic E-state index is 13.0. The number of carbonyl (C=O) groups excluding carboxylic acids is 2. The minimum Gasteiger partial charge on any atom is -0.468 e. The van der Waals surface area contributed by atoms with E-state index in [1.165, 1.54) is 6.26 Å². The van der Waals surface area contributed by atoms with E-state index in [4.69, 9.17) is 9.15 Å². The summed E-state index contributed by atoms with van der Waals surface area (Å²) in [5, 5.41) is 1.44. The summed E-state index contributed by atoms with van der Waals surface area (Å²) in [6, 6.07) is 2.42. The molecule has 0 bridgehead atoms. The van der Waals surface area contributed by atoms with Gasteiger partial charge in [-0.3, -0.25) is 9.59 Å². The highest BCUT2D eigenvalue weighted by molar-refractivity contribution is 7.92. The molecular weight excluding hydrogens is 370 g/mol. The number of amides is 1. The normalized spacial score (nSPS) is 25.4. The number of ketones is 1. The number of sulfone groups is 1. The van der Waals surface area contributed by atoms with Crippen LogP contribution in [0, 0.1) is 5.92 Å². The Labute approximate surface area is 159 Å². The Bertz CT molecular complexity index is 751. The van der Waals surface area contributed by atoms with Crippen molar-refractivity contribution in [1.29, 1.82) is 0 Å². The molecule has 1 amide bonds. The van der Waals surface area contributed by atoms with E-state index in [1.54, 1.807) is 19.1 Å². The van der Waals surface area contributed by atoms with Crippen molar-refractivity contribution in [2.75, 3.05) is 6.61 Å². The van der Waals surface area contributed by atoms with Crippen LogP contribution in [0.5, 0.6) is 0 Å². The molecule has 3 rings (SSSR count). The smallest absolute Gasteiger partial charge is 0.239 e. The monoisotopic (exact) mass is 397 g/mol. The van der Waals surface area contributed by atoms with Gasteiger partial charge in [-0.2, -0.15) is 0 Å². The van der Waals surface area contributed by atoms with Crippen LogP contribution in [0.4, 0.5) is 0 Å². The molecular formula is C19H27NO6S. The Balaban J connectivity index is 1.77. The van der Waals surface area contributed by atoms with Crippen molar-refractivity contribution in [3.8, 4) is 0 Å². The molecule has 1 N–H and O–H groups in total. The maximum Gasteiger partial charge on any atom is 0.239 e. The molecule has 1 aliphatic carbocycles. The molecule has 3 atom stereocenters. The average molecular weight is 397 g/mol. The molecule has 2 fully saturated rings. The van der Waals surface area contributed by atoms with Gasteiger partial charge in [-0.1, -0.05) is 32.1 Å². The number of Topliss-reactive ketones (excluding diaryl/α,β-unsaturated/α-hetero) is 1. The lowest BCUT2D eigenvalue weighted by Crippen LogP contribution is -2.50. The number of nitrogens with one attached hydrogen (secondary N) is 1. The van der Waals surface area contributed by atoms with Gasteiger partial charge < -0.3 is 14.5 Å². The third-order valence-corrected chi connectivity index (χ3v) is 7.48. The zero-order valence-electron chi connectivity index (χ0n) is 15.6. The first-order valence-electron chi connectivity index (χ1n) is 9.55. The summed E-state index contributed by atoms with van der Waals surface area (Å²) in [5.41, 5.74) is 0. The molecule has 0 aromatic carbocycles. The first-order valence-corrected chi connectivity index (χ1v) is 11.3. The van der Waals surface area contributed by atoms with E-state index < -0.39 is 33.1 Å². The highest BCUT2D eigenvalue weighted by atomic mass is 32.2. The Morgan fingerprint density at radius 2 is 2.04 bits per heavy atom. The van der Waals surface area contributed by atoms with Crippen molar-refractivity contribution in [2.45, 2.75) is 68.6 Å². The summed E-state index contributed by atoms with van der Waals surface area (Å²) >= 11 is 0. The second-order valence-corrected chi connectivity index (χ2v) is 9.77. The van der Waals surface area contributed by atoms with E-state index in [0.717, 1.165) is 32.1 Å². The summed E-state index contributed by atoms with van der Waals surface area (Å²) < 4.78 is 36.4. The molecule has 150 valence electrons. The van der Waals surface area contributed by atoms with E-state index in [2.05, 4.69) is 5.32 Å². The number of hydrogen-bond donors (Lipinski definition) is 1. The van der Waals surface area contributed by atoms with Crippen LogP contribution in [-0.2, 0) is 29.9 Å². The molecule has 1 saturated carbocycles. The Kier molecular flexibility index (Phi) is 6.37. The summed E-state index contributed by atoms with van der Waals surface area (Å²) in [5.74, 6) is -0.646. The third kappa shape index (κ3) is 4.99. The van der Waals surface area contributed by atoms with Gasteiger partial charge in [0.1, 0.15) is 29.4 Å². The maximum atomic E-state index is 13.0. The quantitative estimate of drug-likeness (QED) is 0.755. The largest absolute Gasteiger partial charge is 0.468 e. The van der Waals surface area contributed by atoms with Gasteiger partial charge in [0.15, 0.2) is 15.6 Å². The van der Waals surface area contributed by atoms with Gasteiger partial charge in [-0.05, 0) is 31.4 Å². The molecule has 1 aromatic heterocycles. The molecule has 0 radical (unpaired) electrons. The lowest BCUT2D eigenvalue weighted by molar-refractivity contribution is -0.126. The predicted molar refractivity (Wildman–Crippen MR) is 98.7 cm³/mol. The van der Waals surface area contributed by atoms with Gasteiger partial charge in [-0.15, -0.1) is 0 Å². The number of furan rings is 1. The van der Waals surface area contributed by atoms with E-state index in [-0.39, 0.29) is 30.5 Å². The summed E-state index contributed by atoms with van der Waals surface area (Å²) in [6.45, 7) is 1.64. The minimum atomic E-state index is -3.78. The van der Waals surface area contributed by atoms with Gasteiger partial charge in [-0.25, -0.2) is 8.42 Å². The number of rotatable bonds is 7. The lowest BCUT2D eigenvalue weighted by Gasteiger charge is -2.27. The third-order valence-electron chi connectivity index (χ3n) is 5.52. The summed E-state index contributed by atoms with van der Waals surface area (Å²) in [4.78, 5) is 24.8. The van der Waals surface area contributed by atoms with Gasteiger partial charge in [0.2, 0.25) is 5.91 Å². The van der Waals surface area contributed by atoms with E-state index in [1.807, 2.05) is 0 Å². The second kappa shape index (κ2) is 8.56. The van der Waals surface area contributed by atoms with Crippen LogP contribution in [0.2, 0.25) is 0 Å². The fourth-order valence-corrected chi connectivity index (χ4v) is 5.66. The van der Waals surface area contributed by atoms with Crippen molar-refractivity contribution in [3.05, 3.63) is 24.2 Å². The fraction of sp³-hybridized carbons (Fsp3) is 0.684. The highest BCUT2D eigenvalue weighted by Gasteiger charge is 2.40. The topological polar surface area (TPSA) is 103 Å². The molecule has 1 aromatic rings. The molecule has 2 heterocycles. The van der Waals surface area contributed by atoms with Crippen LogP contribution in [0.3, 0.4) is 0 Å².